The minimum absolute atomic E-state index is 0.0179. The summed E-state index contributed by atoms with van der Waals surface area (Å²) in [6.45, 7) is 1.38. The van der Waals surface area contributed by atoms with E-state index in [0.717, 1.165) is 31.4 Å². The van der Waals surface area contributed by atoms with Crippen LogP contribution in [0.1, 0.15) is 37.7 Å². The molecule has 0 bridgehead atoms. The van der Waals surface area contributed by atoms with E-state index < -0.39 is 10.0 Å². The molecule has 23 heavy (non-hydrogen) atoms. The zero-order valence-corrected chi connectivity index (χ0v) is 14.4. The summed E-state index contributed by atoms with van der Waals surface area (Å²) in [5, 5.41) is 4.06. The van der Waals surface area contributed by atoms with E-state index in [-0.39, 0.29) is 17.4 Å². The molecule has 7 heteroatoms. The Morgan fingerprint density at radius 1 is 1.26 bits per heavy atom. The van der Waals surface area contributed by atoms with Crippen molar-refractivity contribution in [3.63, 3.8) is 0 Å². The third-order valence-electron chi connectivity index (χ3n) is 5.15. The molecule has 1 saturated heterocycles. The molecule has 2 aliphatic carbocycles. The van der Waals surface area contributed by atoms with E-state index in [0.29, 0.717) is 18.9 Å². The predicted molar refractivity (Wildman–Crippen MR) is 86.4 cm³/mol. The highest BCUT2D eigenvalue weighted by Crippen LogP contribution is 2.37. The van der Waals surface area contributed by atoms with Crippen LogP contribution in [0.4, 0.5) is 0 Å². The van der Waals surface area contributed by atoms with Gasteiger partial charge >= 0.3 is 0 Å². The average molecular weight is 339 g/mol. The summed E-state index contributed by atoms with van der Waals surface area (Å²) in [6.07, 6.45) is 9.45. The van der Waals surface area contributed by atoms with Gasteiger partial charge in [-0.1, -0.05) is 0 Å². The molecule has 1 aromatic rings. The summed E-state index contributed by atoms with van der Waals surface area (Å²) < 4.78 is 35.1. The predicted octanol–water partition coefficient (Wildman–Crippen LogP) is 1.32. The monoisotopic (exact) mass is 339 g/mol. The first-order chi connectivity index (χ1) is 11.0. The lowest BCUT2D eigenvalue weighted by molar-refractivity contribution is 0.0305. The summed E-state index contributed by atoms with van der Waals surface area (Å²) in [5.74, 6) is 0.697. The van der Waals surface area contributed by atoms with E-state index in [1.165, 1.54) is 12.8 Å². The number of ether oxygens (including phenoxy) is 1. The van der Waals surface area contributed by atoms with Gasteiger partial charge in [-0.05, 0) is 50.0 Å². The van der Waals surface area contributed by atoms with Gasteiger partial charge in [0.05, 0.1) is 23.6 Å². The van der Waals surface area contributed by atoms with Crippen LogP contribution in [0.25, 0.3) is 0 Å². The first-order valence-corrected chi connectivity index (χ1v) is 10.1. The lowest BCUT2D eigenvalue weighted by Crippen LogP contribution is -2.43. The molecule has 2 atom stereocenters. The maximum atomic E-state index is 12.7. The highest BCUT2D eigenvalue weighted by Gasteiger charge is 2.48. The lowest BCUT2D eigenvalue weighted by Gasteiger charge is -2.27. The van der Waals surface area contributed by atoms with Gasteiger partial charge in [0.15, 0.2) is 0 Å². The van der Waals surface area contributed by atoms with Crippen LogP contribution in [0.2, 0.25) is 0 Å². The Morgan fingerprint density at radius 3 is 2.65 bits per heavy atom. The van der Waals surface area contributed by atoms with Crippen LogP contribution in [-0.4, -0.2) is 53.1 Å². The molecule has 0 spiro atoms. The SMILES string of the molecule is Cn1cc(C[C@H]2[C@H](OCC3CC3)CCN2S(=O)(=O)C2CC2)cn1. The molecule has 0 unspecified atom stereocenters. The third-order valence-corrected chi connectivity index (χ3v) is 7.57. The minimum Gasteiger partial charge on any atom is -0.376 e. The Hall–Kier alpha value is -0.920. The van der Waals surface area contributed by atoms with Gasteiger partial charge in [-0.3, -0.25) is 4.68 Å². The number of hydrogen-bond donors (Lipinski definition) is 0. The summed E-state index contributed by atoms with van der Waals surface area (Å²) in [6, 6.07) is -0.0800. The van der Waals surface area contributed by atoms with E-state index in [2.05, 4.69) is 5.10 Å². The summed E-state index contributed by atoms with van der Waals surface area (Å²) in [4.78, 5) is 0. The van der Waals surface area contributed by atoms with E-state index in [1.807, 2.05) is 19.4 Å². The van der Waals surface area contributed by atoms with E-state index in [1.54, 1.807) is 8.99 Å². The topological polar surface area (TPSA) is 64.4 Å². The Balaban J connectivity index is 1.52. The van der Waals surface area contributed by atoms with Crippen LogP contribution in [0.5, 0.6) is 0 Å². The molecule has 3 aliphatic rings. The quantitative estimate of drug-likeness (QED) is 0.752. The zero-order valence-electron chi connectivity index (χ0n) is 13.6. The molecule has 0 N–H and O–H groups in total. The van der Waals surface area contributed by atoms with Crippen LogP contribution in [-0.2, 0) is 28.2 Å². The van der Waals surface area contributed by atoms with Gasteiger partial charge in [0.25, 0.3) is 0 Å². The minimum atomic E-state index is -3.16. The molecule has 128 valence electrons. The van der Waals surface area contributed by atoms with Gasteiger partial charge < -0.3 is 4.74 Å². The first-order valence-electron chi connectivity index (χ1n) is 8.64. The van der Waals surface area contributed by atoms with E-state index in [9.17, 15) is 8.42 Å². The first kappa shape index (κ1) is 15.6. The Kier molecular flexibility index (Phi) is 3.98. The maximum absolute atomic E-state index is 12.7. The standard InChI is InChI=1S/C16H25N3O3S/c1-18-10-13(9-17-18)8-15-16(22-11-12-2-3-12)6-7-19(15)23(20,21)14-4-5-14/h9-10,12,14-16H,2-8,11H2,1H3/t15-,16+/m0/s1. The van der Waals surface area contributed by atoms with Crippen molar-refractivity contribution in [3.8, 4) is 0 Å². The van der Waals surface area contributed by atoms with Crippen LogP contribution in [0, 0.1) is 5.92 Å². The van der Waals surface area contributed by atoms with Crippen LogP contribution >= 0.6 is 0 Å². The van der Waals surface area contributed by atoms with Crippen molar-refractivity contribution in [2.75, 3.05) is 13.2 Å². The average Bonchev–Trinajstić information content (AvgIpc) is 3.42. The Bertz CT molecular complexity index is 664. The van der Waals surface area contributed by atoms with Crippen molar-refractivity contribution in [1.82, 2.24) is 14.1 Å². The molecule has 0 amide bonds. The van der Waals surface area contributed by atoms with Gasteiger partial charge in [0.2, 0.25) is 10.0 Å². The largest absolute Gasteiger partial charge is 0.376 e. The maximum Gasteiger partial charge on any atom is 0.217 e. The fourth-order valence-electron chi connectivity index (χ4n) is 3.46. The molecular formula is C16H25N3O3S. The fourth-order valence-corrected chi connectivity index (χ4v) is 5.52. The second-order valence-corrected chi connectivity index (χ2v) is 9.42. The van der Waals surface area contributed by atoms with Gasteiger partial charge in [-0.25, -0.2) is 8.42 Å². The van der Waals surface area contributed by atoms with Gasteiger partial charge in [0.1, 0.15) is 0 Å². The highest BCUT2D eigenvalue weighted by atomic mass is 32.2. The fraction of sp³-hybridized carbons (Fsp3) is 0.812. The van der Waals surface area contributed by atoms with Gasteiger partial charge in [-0.15, -0.1) is 0 Å². The summed E-state index contributed by atoms with van der Waals surface area (Å²) in [5.41, 5.74) is 1.08. The molecule has 1 aliphatic heterocycles. The van der Waals surface area contributed by atoms with Crippen molar-refractivity contribution in [1.29, 1.82) is 0 Å². The molecule has 1 aromatic heterocycles. The second-order valence-electron chi connectivity index (χ2n) is 7.25. The highest BCUT2D eigenvalue weighted by molar-refractivity contribution is 7.90. The van der Waals surface area contributed by atoms with Gasteiger partial charge in [0, 0.05) is 26.4 Å². The molecule has 4 rings (SSSR count). The lowest BCUT2D eigenvalue weighted by atomic mass is 10.1. The number of aromatic nitrogens is 2. The van der Waals surface area contributed by atoms with Crippen molar-refractivity contribution in [2.24, 2.45) is 13.0 Å². The van der Waals surface area contributed by atoms with Gasteiger partial charge in [-0.2, -0.15) is 9.40 Å². The normalized spacial score (nSPS) is 29.3. The molecule has 6 nitrogen and oxygen atoms in total. The van der Waals surface area contributed by atoms with Crippen molar-refractivity contribution in [3.05, 3.63) is 18.0 Å². The number of sulfonamides is 1. The molecule has 2 heterocycles. The van der Waals surface area contributed by atoms with Crippen LogP contribution in [0.3, 0.4) is 0 Å². The summed E-state index contributed by atoms with van der Waals surface area (Å²) in [7, 11) is -1.27. The van der Waals surface area contributed by atoms with E-state index in [4.69, 9.17) is 4.74 Å². The van der Waals surface area contributed by atoms with Crippen molar-refractivity contribution >= 4 is 10.0 Å². The van der Waals surface area contributed by atoms with E-state index >= 15 is 0 Å². The number of aryl methyl sites for hydroxylation is 1. The summed E-state index contributed by atoms with van der Waals surface area (Å²) >= 11 is 0. The molecular weight excluding hydrogens is 314 g/mol. The Labute approximate surface area is 137 Å². The van der Waals surface area contributed by atoms with Crippen LogP contribution < -0.4 is 0 Å². The second kappa shape index (κ2) is 5.86. The molecule has 2 saturated carbocycles. The van der Waals surface area contributed by atoms with Crippen molar-refractivity contribution < 1.29 is 13.2 Å². The van der Waals surface area contributed by atoms with Crippen molar-refractivity contribution in [2.45, 2.75) is 55.9 Å². The molecule has 0 aromatic carbocycles. The smallest absolute Gasteiger partial charge is 0.217 e. The zero-order chi connectivity index (χ0) is 16.0. The number of nitrogens with zero attached hydrogens (tertiary/aromatic N) is 3. The van der Waals surface area contributed by atoms with Crippen LogP contribution in [0.15, 0.2) is 12.4 Å². The molecule has 3 fully saturated rings. The number of hydrogen-bond acceptors (Lipinski definition) is 4. The molecule has 0 radical (unpaired) electrons. The third kappa shape index (κ3) is 3.32. The Morgan fingerprint density at radius 2 is 2.04 bits per heavy atom. The number of rotatable bonds is 7.